The van der Waals surface area contributed by atoms with E-state index in [1.165, 1.54) is 5.56 Å². The molecule has 0 heterocycles. The summed E-state index contributed by atoms with van der Waals surface area (Å²) in [4.78, 5) is 22.4. The van der Waals surface area contributed by atoms with Crippen LogP contribution >= 0.6 is 0 Å². The van der Waals surface area contributed by atoms with E-state index >= 15 is 0 Å². The predicted octanol–water partition coefficient (Wildman–Crippen LogP) is 4.25. The minimum absolute atomic E-state index is 0.0123. The minimum atomic E-state index is -0.971. The lowest BCUT2D eigenvalue weighted by molar-refractivity contribution is -0.138. The van der Waals surface area contributed by atoms with Gasteiger partial charge in [0.05, 0.1) is 6.42 Å². The average molecular weight is 391 g/mol. The van der Waals surface area contributed by atoms with E-state index < -0.39 is 5.97 Å². The number of carbonyl (C=O) groups is 2. The molecule has 0 fully saturated rings. The van der Waals surface area contributed by atoms with Crippen LogP contribution < -0.4 is 10.1 Å². The maximum atomic E-state index is 11.8. The first kappa shape index (κ1) is 20.4. The fourth-order valence-electron chi connectivity index (χ4n) is 3.31. The number of carboxylic acids is 1. The fraction of sp³-hybridized carbons (Fsp3) is 0.250. The number of benzene rings is 3. The Balaban J connectivity index is 1.73. The summed E-state index contributed by atoms with van der Waals surface area (Å²) in [5.74, 6) is -0.430. The second kappa shape index (κ2) is 9.73. The summed E-state index contributed by atoms with van der Waals surface area (Å²) in [5.41, 5.74) is 3.33. The molecule has 3 rings (SSSR count). The zero-order chi connectivity index (χ0) is 20.6. The third-order valence-corrected chi connectivity index (χ3v) is 4.74. The van der Waals surface area contributed by atoms with E-state index in [2.05, 4.69) is 36.5 Å². The van der Waals surface area contributed by atoms with Crippen LogP contribution in [0.25, 0.3) is 10.8 Å². The number of hydrogen-bond acceptors (Lipinski definition) is 3. The van der Waals surface area contributed by atoms with Crippen molar-refractivity contribution in [2.24, 2.45) is 0 Å². The van der Waals surface area contributed by atoms with Crippen LogP contribution in [0.4, 0.5) is 0 Å². The van der Waals surface area contributed by atoms with Gasteiger partial charge in [0.25, 0.3) is 0 Å². The molecular weight excluding hydrogens is 366 g/mol. The van der Waals surface area contributed by atoms with Crippen LogP contribution in [0.15, 0.2) is 60.7 Å². The van der Waals surface area contributed by atoms with Gasteiger partial charge in [0.2, 0.25) is 5.91 Å². The second-order valence-electron chi connectivity index (χ2n) is 7.03. The van der Waals surface area contributed by atoms with Gasteiger partial charge in [0, 0.05) is 18.5 Å². The number of fused-ring (bicyclic) bond motifs is 1. The number of rotatable bonds is 9. The average Bonchev–Trinajstić information content (AvgIpc) is 2.71. The SMILES string of the molecule is Cc1cccc(COc2ccc3ccccc3c2CCNC(=O)CCC(=O)O)c1. The molecule has 0 aromatic heterocycles. The van der Waals surface area contributed by atoms with Crippen LogP contribution in [0.5, 0.6) is 5.75 Å². The van der Waals surface area contributed by atoms with Crippen molar-refractivity contribution in [2.45, 2.75) is 32.8 Å². The molecule has 0 aliphatic rings. The molecule has 0 atom stereocenters. The highest BCUT2D eigenvalue weighted by Gasteiger charge is 2.11. The van der Waals surface area contributed by atoms with E-state index in [-0.39, 0.29) is 18.7 Å². The van der Waals surface area contributed by atoms with E-state index in [1.807, 2.05) is 36.4 Å². The third-order valence-electron chi connectivity index (χ3n) is 4.74. The monoisotopic (exact) mass is 391 g/mol. The molecule has 1 amide bonds. The lowest BCUT2D eigenvalue weighted by Gasteiger charge is -2.15. The zero-order valence-electron chi connectivity index (χ0n) is 16.5. The van der Waals surface area contributed by atoms with Crippen molar-refractivity contribution in [1.29, 1.82) is 0 Å². The van der Waals surface area contributed by atoms with E-state index in [9.17, 15) is 9.59 Å². The molecule has 0 spiro atoms. The number of nitrogens with one attached hydrogen (secondary N) is 1. The summed E-state index contributed by atoms with van der Waals surface area (Å²) in [5, 5.41) is 13.7. The molecular formula is C24H25NO4. The lowest BCUT2D eigenvalue weighted by atomic mass is 10.0. The summed E-state index contributed by atoms with van der Waals surface area (Å²) in [6.45, 7) is 2.95. The normalized spacial score (nSPS) is 10.7. The van der Waals surface area contributed by atoms with E-state index in [4.69, 9.17) is 9.84 Å². The van der Waals surface area contributed by atoms with Gasteiger partial charge in [-0.2, -0.15) is 0 Å². The molecule has 0 radical (unpaired) electrons. The van der Waals surface area contributed by atoms with Gasteiger partial charge in [-0.15, -0.1) is 0 Å². The number of hydrogen-bond donors (Lipinski definition) is 2. The number of aryl methyl sites for hydroxylation is 1. The first-order valence-electron chi connectivity index (χ1n) is 9.70. The quantitative estimate of drug-likeness (QED) is 0.572. The highest BCUT2D eigenvalue weighted by Crippen LogP contribution is 2.29. The topological polar surface area (TPSA) is 75.6 Å². The van der Waals surface area contributed by atoms with Crippen LogP contribution in [0.1, 0.15) is 29.5 Å². The van der Waals surface area contributed by atoms with Crippen LogP contribution in [0, 0.1) is 6.92 Å². The molecule has 5 nitrogen and oxygen atoms in total. The Labute approximate surface area is 170 Å². The van der Waals surface area contributed by atoms with Gasteiger partial charge in [-0.3, -0.25) is 9.59 Å². The summed E-state index contributed by atoms with van der Waals surface area (Å²) in [7, 11) is 0. The van der Waals surface area contributed by atoms with Crippen molar-refractivity contribution in [3.05, 3.63) is 77.4 Å². The predicted molar refractivity (Wildman–Crippen MR) is 113 cm³/mol. The maximum absolute atomic E-state index is 11.8. The molecule has 2 N–H and O–H groups in total. The van der Waals surface area contributed by atoms with Crippen molar-refractivity contribution in [1.82, 2.24) is 5.32 Å². The van der Waals surface area contributed by atoms with Gasteiger partial charge in [-0.25, -0.2) is 0 Å². The van der Waals surface area contributed by atoms with Crippen molar-refractivity contribution in [3.63, 3.8) is 0 Å². The van der Waals surface area contributed by atoms with Gasteiger partial charge in [-0.05, 0) is 35.7 Å². The first-order chi connectivity index (χ1) is 14.0. The van der Waals surface area contributed by atoms with E-state index in [0.29, 0.717) is 19.6 Å². The first-order valence-corrected chi connectivity index (χ1v) is 9.70. The number of ether oxygens (including phenoxy) is 1. The van der Waals surface area contributed by atoms with Gasteiger partial charge in [-0.1, -0.05) is 60.2 Å². The van der Waals surface area contributed by atoms with E-state index in [0.717, 1.165) is 27.6 Å². The molecule has 3 aromatic rings. The smallest absolute Gasteiger partial charge is 0.303 e. The molecule has 29 heavy (non-hydrogen) atoms. The Morgan fingerprint density at radius 2 is 1.83 bits per heavy atom. The van der Waals surface area contributed by atoms with E-state index in [1.54, 1.807) is 0 Å². The highest BCUT2D eigenvalue weighted by molar-refractivity contribution is 5.88. The molecule has 0 aliphatic heterocycles. The molecule has 0 aliphatic carbocycles. The van der Waals surface area contributed by atoms with Gasteiger partial charge in [0.1, 0.15) is 12.4 Å². The van der Waals surface area contributed by atoms with Gasteiger partial charge >= 0.3 is 5.97 Å². The van der Waals surface area contributed by atoms with Crippen molar-refractivity contribution in [2.75, 3.05) is 6.54 Å². The standard InChI is InChI=1S/C24H25NO4/c1-17-5-4-6-18(15-17)16-29-22-10-9-19-7-2-3-8-20(19)21(22)13-14-25-23(26)11-12-24(27)28/h2-10,15H,11-14,16H2,1H3,(H,25,26)(H,27,28). The lowest BCUT2D eigenvalue weighted by Crippen LogP contribution is -2.26. The molecule has 0 unspecified atom stereocenters. The molecule has 5 heteroatoms. The molecule has 0 saturated carbocycles. The molecule has 3 aromatic carbocycles. The van der Waals surface area contributed by atoms with Crippen LogP contribution in [-0.4, -0.2) is 23.5 Å². The largest absolute Gasteiger partial charge is 0.489 e. The Morgan fingerprint density at radius 1 is 1.00 bits per heavy atom. The molecule has 0 saturated heterocycles. The number of carbonyl (C=O) groups excluding carboxylic acids is 1. The molecule has 150 valence electrons. The third kappa shape index (κ3) is 5.82. The van der Waals surface area contributed by atoms with Gasteiger partial charge < -0.3 is 15.2 Å². The highest BCUT2D eigenvalue weighted by atomic mass is 16.5. The van der Waals surface area contributed by atoms with Gasteiger partial charge in [0.15, 0.2) is 0 Å². The van der Waals surface area contributed by atoms with Crippen LogP contribution in [0.3, 0.4) is 0 Å². The molecule has 0 bridgehead atoms. The Morgan fingerprint density at radius 3 is 2.62 bits per heavy atom. The summed E-state index contributed by atoms with van der Waals surface area (Å²) in [6.07, 6.45) is 0.426. The minimum Gasteiger partial charge on any atom is -0.489 e. The number of amides is 1. The maximum Gasteiger partial charge on any atom is 0.303 e. The Bertz CT molecular complexity index is 1010. The zero-order valence-corrected chi connectivity index (χ0v) is 16.5. The summed E-state index contributed by atoms with van der Waals surface area (Å²) in [6, 6.07) is 20.3. The summed E-state index contributed by atoms with van der Waals surface area (Å²) < 4.78 is 6.13. The Kier molecular flexibility index (Phi) is 6.85. The fourth-order valence-corrected chi connectivity index (χ4v) is 3.31. The van der Waals surface area contributed by atoms with Crippen LogP contribution in [-0.2, 0) is 22.6 Å². The number of carboxylic acid groups (broad SMARTS) is 1. The van der Waals surface area contributed by atoms with Crippen molar-refractivity contribution < 1.29 is 19.4 Å². The Hall–Kier alpha value is -3.34. The van der Waals surface area contributed by atoms with Crippen molar-refractivity contribution in [3.8, 4) is 5.75 Å². The van der Waals surface area contributed by atoms with Crippen LogP contribution in [0.2, 0.25) is 0 Å². The number of aliphatic carboxylic acids is 1. The van der Waals surface area contributed by atoms with Crippen molar-refractivity contribution >= 4 is 22.6 Å². The second-order valence-corrected chi connectivity index (χ2v) is 7.03. The summed E-state index contributed by atoms with van der Waals surface area (Å²) >= 11 is 0.